The number of carbonyl (C=O) groups excluding carboxylic acids is 1. The van der Waals surface area contributed by atoms with E-state index in [1.54, 1.807) is 0 Å². The second kappa shape index (κ2) is 9.64. The van der Waals surface area contributed by atoms with Crippen LogP contribution in [0.1, 0.15) is 47.0 Å². The summed E-state index contributed by atoms with van der Waals surface area (Å²) in [5.41, 5.74) is 0. The van der Waals surface area contributed by atoms with Crippen molar-refractivity contribution in [2.24, 2.45) is 0 Å². The summed E-state index contributed by atoms with van der Waals surface area (Å²) in [6.45, 7) is 13.3. The Balaban J connectivity index is 3.93. The molecule has 3 heteroatoms. The van der Waals surface area contributed by atoms with Gasteiger partial charge in [-0.1, -0.05) is 13.8 Å². The van der Waals surface area contributed by atoms with Gasteiger partial charge in [0, 0.05) is 26.1 Å². The van der Waals surface area contributed by atoms with E-state index in [1.165, 1.54) is 12.8 Å². The number of amides is 1. The molecule has 16 heavy (non-hydrogen) atoms. The van der Waals surface area contributed by atoms with Gasteiger partial charge in [0.15, 0.2) is 0 Å². The monoisotopic (exact) mass is 228 g/mol. The molecule has 0 radical (unpaired) electrons. The van der Waals surface area contributed by atoms with Gasteiger partial charge in [-0.3, -0.25) is 4.79 Å². The molecule has 0 saturated heterocycles. The molecule has 0 aromatic carbocycles. The van der Waals surface area contributed by atoms with Crippen molar-refractivity contribution in [3.05, 3.63) is 0 Å². The highest BCUT2D eigenvalue weighted by atomic mass is 16.2. The Kier molecular flexibility index (Phi) is 9.30. The molecule has 0 saturated carbocycles. The Morgan fingerprint density at radius 3 is 1.75 bits per heavy atom. The average Bonchev–Trinajstić information content (AvgIpc) is 2.28. The zero-order valence-electron chi connectivity index (χ0n) is 11.5. The average molecular weight is 228 g/mol. The van der Waals surface area contributed by atoms with Crippen LogP contribution in [-0.4, -0.2) is 48.4 Å². The highest BCUT2D eigenvalue weighted by molar-refractivity contribution is 5.76. The van der Waals surface area contributed by atoms with Crippen molar-refractivity contribution < 1.29 is 4.79 Å². The predicted octanol–water partition coefficient (Wildman–Crippen LogP) is 2.37. The van der Waals surface area contributed by atoms with E-state index < -0.39 is 0 Å². The zero-order chi connectivity index (χ0) is 12.4. The molecule has 0 aliphatic rings. The lowest BCUT2D eigenvalue weighted by Crippen LogP contribution is -2.35. The number of hydrogen-bond acceptors (Lipinski definition) is 2. The van der Waals surface area contributed by atoms with Crippen molar-refractivity contribution in [1.82, 2.24) is 9.80 Å². The molecule has 1 amide bonds. The Labute approximate surface area is 101 Å². The van der Waals surface area contributed by atoms with E-state index in [2.05, 4.69) is 18.7 Å². The standard InChI is InChI=1S/C13H28N2O/c1-5-10-14(11-6-2)12-9-13(16)15(7-3)8-4/h5-12H2,1-4H3. The van der Waals surface area contributed by atoms with Gasteiger partial charge in [-0.15, -0.1) is 0 Å². The Morgan fingerprint density at radius 2 is 1.38 bits per heavy atom. The van der Waals surface area contributed by atoms with Crippen LogP contribution < -0.4 is 0 Å². The third kappa shape index (κ3) is 6.11. The van der Waals surface area contributed by atoms with Crippen LogP contribution in [0.15, 0.2) is 0 Å². The van der Waals surface area contributed by atoms with Crippen LogP contribution in [0.25, 0.3) is 0 Å². The minimum atomic E-state index is 0.294. The normalized spacial score (nSPS) is 10.8. The molecule has 0 fully saturated rings. The van der Waals surface area contributed by atoms with Crippen molar-refractivity contribution in [2.45, 2.75) is 47.0 Å². The molecular formula is C13H28N2O. The molecule has 0 bridgehead atoms. The summed E-state index contributed by atoms with van der Waals surface area (Å²) in [6.07, 6.45) is 3.00. The van der Waals surface area contributed by atoms with Crippen LogP contribution in [0.2, 0.25) is 0 Å². The molecule has 0 aliphatic heterocycles. The van der Waals surface area contributed by atoms with Gasteiger partial charge in [0.25, 0.3) is 0 Å². The van der Waals surface area contributed by atoms with Crippen LogP contribution in [-0.2, 0) is 4.79 Å². The van der Waals surface area contributed by atoms with E-state index in [0.717, 1.165) is 32.7 Å². The largest absolute Gasteiger partial charge is 0.343 e. The molecule has 0 aromatic heterocycles. The number of nitrogens with zero attached hydrogens (tertiary/aromatic N) is 2. The molecule has 0 heterocycles. The molecule has 0 unspecified atom stereocenters. The molecule has 0 aromatic rings. The van der Waals surface area contributed by atoms with Crippen molar-refractivity contribution in [1.29, 1.82) is 0 Å². The van der Waals surface area contributed by atoms with Gasteiger partial charge >= 0.3 is 0 Å². The van der Waals surface area contributed by atoms with Gasteiger partial charge in [-0.2, -0.15) is 0 Å². The summed E-state index contributed by atoms with van der Waals surface area (Å²) >= 11 is 0. The Hall–Kier alpha value is -0.570. The topological polar surface area (TPSA) is 23.6 Å². The first-order chi connectivity index (χ1) is 7.69. The highest BCUT2D eigenvalue weighted by Crippen LogP contribution is 1.99. The van der Waals surface area contributed by atoms with Crippen molar-refractivity contribution in [3.63, 3.8) is 0 Å². The number of carbonyl (C=O) groups is 1. The van der Waals surface area contributed by atoms with Gasteiger partial charge in [0.2, 0.25) is 5.91 Å². The highest BCUT2D eigenvalue weighted by Gasteiger charge is 2.11. The fourth-order valence-electron chi connectivity index (χ4n) is 1.96. The fourth-order valence-corrected chi connectivity index (χ4v) is 1.96. The van der Waals surface area contributed by atoms with Crippen LogP contribution in [0.3, 0.4) is 0 Å². The van der Waals surface area contributed by atoms with Gasteiger partial charge in [-0.25, -0.2) is 0 Å². The third-order valence-electron chi connectivity index (χ3n) is 2.84. The van der Waals surface area contributed by atoms with Crippen molar-refractivity contribution in [2.75, 3.05) is 32.7 Å². The van der Waals surface area contributed by atoms with E-state index in [-0.39, 0.29) is 0 Å². The van der Waals surface area contributed by atoms with E-state index in [4.69, 9.17) is 0 Å². The Morgan fingerprint density at radius 1 is 0.875 bits per heavy atom. The first-order valence-electron chi connectivity index (χ1n) is 6.69. The minimum Gasteiger partial charge on any atom is -0.343 e. The summed E-state index contributed by atoms with van der Waals surface area (Å²) < 4.78 is 0. The SMILES string of the molecule is CCCN(CCC)CCC(=O)N(CC)CC. The van der Waals surface area contributed by atoms with E-state index in [0.29, 0.717) is 12.3 Å². The van der Waals surface area contributed by atoms with Gasteiger partial charge < -0.3 is 9.80 Å². The maximum Gasteiger partial charge on any atom is 0.223 e. The predicted molar refractivity (Wildman–Crippen MR) is 69.6 cm³/mol. The first-order valence-corrected chi connectivity index (χ1v) is 6.69. The lowest BCUT2D eigenvalue weighted by atomic mass is 10.3. The van der Waals surface area contributed by atoms with E-state index in [9.17, 15) is 4.79 Å². The summed E-state index contributed by atoms with van der Waals surface area (Å²) in [6, 6.07) is 0. The van der Waals surface area contributed by atoms with Crippen LogP contribution in [0.4, 0.5) is 0 Å². The maximum atomic E-state index is 11.8. The lowest BCUT2D eigenvalue weighted by Gasteiger charge is -2.23. The van der Waals surface area contributed by atoms with Gasteiger partial charge in [0.05, 0.1) is 0 Å². The van der Waals surface area contributed by atoms with E-state index in [1.807, 2.05) is 18.7 Å². The zero-order valence-corrected chi connectivity index (χ0v) is 11.5. The molecule has 96 valence electrons. The number of hydrogen-bond donors (Lipinski definition) is 0. The summed E-state index contributed by atoms with van der Waals surface area (Å²) in [5, 5.41) is 0. The Bertz CT molecular complexity index is 173. The third-order valence-corrected chi connectivity index (χ3v) is 2.84. The molecule has 0 aliphatic carbocycles. The molecule has 0 atom stereocenters. The summed E-state index contributed by atoms with van der Waals surface area (Å²) in [4.78, 5) is 16.1. The van der Waals surface area contributed by atoms with Crippen LogP contribution in [0, 0.1) is 0 Å². The number of rotatable bonds is 9. The fraction of sp³-hybridized carbons (Fsp3) is 0.923. The molecule has 0 N–H and O–H groups in total. The van der Waals surface area contributed by atoms with Gasteiger partial charge in [-0.05, 0) is 39.8 Å². The minimum absolute atomic E-state index is 0.294. The molecule has 0 spiro atoms. The van der Waals surface area contributed by atoms with Crippen LogP contribution >= 0.6 is 0 Å². The maximum absolute atomic E-state index is 11.8. The van der Waals surface area contributed by atoms with E-state index >= 15 is 0 Å². The second-order valence-corrected chi connectivity index (χ2v) is 4.16. The second-order valence-electron chi connectivity index (χ2n) is 4.16. The van der Waals surface area contributed by atoms with Crippen LogP contribution in [0.5, 0.6) is 0 Å². The van der Waals surface area contributed by atoms with Crippen molar-refractivity contribution in [3.8, 4) is 0 Å². The smallest absolute Gasteiger partial charge is 0.223 e. The quantitative estimate of drug-likeness (QED) is 0.605. The molecule has 3 nitrogen and oxygen atoms in total. The summed E-state index contributed by atoms with van der Waals surface area (Å²) in [7, 11) is 0. The molecule has 0 rings (SSSR count). The van der Waals surface area contributed by atoms with Crippen molar-refractivity contribution >= 4 is 5.91 Å². The van der Waals surface area contributed by atoms with Gasteiger partial charge in [0.1, 0.15) is 0 Å². The lowest BCUT2D eigenvalue weighted by molar-refractivity contribution is -0.131. The first kappa shape index (κ1) is 15.4. The molecular weight excluding hydrogens is 200 g/mol. The summed E-state index contributed by atoms with van der Waals surface area (Å²) in [5.74, 6) is 0.294.